The van der Waals surface area contributed by atoms with Crippen LogP contribution >= 0.6 is 0 Å². The van der Waals surface area contributed by atoms with Gasteiger partial charge < -0.3 is 19.5 Å². The number of benzene rings is 1. The van der Waals surface area contributed by atoms with Crippen molar-refractivity contribution in [3.63, 3.8) is 0 Å². The Kier molecular flexibility index (Phi) is 9.74. The molecule has 0 bridgehead atoms. The lowest BCUT2D eigenvalue weighted by atomic mass is 9.70. The lowest BCUT2D eigenvalue weighted by Crippen LogP contribution is -2.55. The van der Waals surface area contributed by atoms with Gasteiger partial charge in [0.2, 0.25) is 21.7 Å². The molecule has 13 nitrogen and oxygen atoms in total. The number of carbonyl (C=O) groups excluding carboxylic acids is 1. The number of halogens is 3. The largest absolute Gasteiger partial charge is 0.481 e. The fraction of sp³-hybridized carbons (Fsp3) is 0.486. The quantitative estimate of drug-likeness (QED) is 0.234. The summed E-state index contributed by atoms with van der Waals surface area (Å²) in [4.78, 5) is 31.4. The van der Waals surface area contributed by atoms with E-state index in [1.807, 2.05) is 6.92 Å². The van der Waals surface area contributed by atoms with Gasteiger partial charge in [0.1, 0.15) is 16.1 Å². The second-order valence-electron chi connectivity index (χ2n) is 15.6. The highest BCUT2D eigenvalue weighted by Gasteiger charge is 2.48. The standard InChI is InChI=1S/C37H43F3N6O7S/c1-22-10-11-24(28(35(6,7)32(47)48)26-12-16-46-29(23(26)2)42-43-31(46)37(38,39)40)19-25(22)20-45-21-36(52-30-27(54(45,50)51)9-8-15-41-30)13-17-44(18-14-36)33(49)53-34(3,4)5/h8-12,15-16,19,28H,13-14,17-18,20-21H2,1-7H3,(H,47,48). The number of hydrogen-bond acceptors (Lipinski definition) is 9. The van der Waals surface area contributed by atoms with Gasteiger partial charge in [-0.2, -0.15) is 17.5 Å². The van der Waals surface area contributed by atoms with Crippen molar-refractivity contribution in [1.29, 1.82) is 0 Å². The van der Waals surface area contributed by atoms with Crippen LogP contribution in [0.1, 0.15) is 87.0 Å². The van der Waals surface area contributed by atoms with E-state index in [-0.39, 0.29) is 42.6 Å². The zero-order valence-corrected chi connectivity index (χ0v) is 31.9. The molecule has 0 radical (unpaired) electrons. The Balaban J connectivity index is 1.40. The molecule has 0 saturated carbocycles. The second-order valence-corrected chi connectivity index (χ2v) is 17.5. The van der Waals surface area contributed by atoms with E-state index in [4.69, 9.17) is 9.47 Å². The summed E-state index contributed by atoms with van der Waals surface area (Å²) in [5.74, 6) is -3.29. The Morgan fingerprint density at radius 3 is 2.35 bits per heavy atom. The first-order chi connectivity index (χ1) is 25.0. The lowest BCUT2D eigenvalue weighted by molar-refractivity contribution is -0.147. The molecule has 5 heterocycles. The van der Waals surface area contributed by atoms with Crippen LogP contribution in [0.3, 0.4) is 0 Å². The molecule has 1 aromatic carbocycles. The number of carboxylic acid groups (broad SMARTS) is 1. The maximum atomic E-state index is 14.4. The maximum absolute atomic E-state index is 14.4. The number of piperidine rings is 1. The maximum Gasteiger partial charge on any atom is 0.452 e. The molecule has 0 aliphatic carbocycles. The van der Waals surface area contributed by atoms with Crippen LogP contribution in [0.5, 0.6) is 5.88 Å². The number of fused-ring (bicyclic) bond motifs is 2. The van der Waals surface area contributed by atoms with Gasteiger partial charge in [0.05, 0.1) is 12.0 Å². The average molecular weight is 773 g/mol. The predicted octanol–water partition coefficient (Wildman–Crippen LogP) is 6.36. The summed E-state index contributed by atoms with van der Waals surface area (Å²) in [5, 5.41) is 17.6. The van der Waals surface area contributed by atoms with E-state index in [0.29, 0.717) is 35.1 Å². The van der Waals surface area contributed by atoms with Crippen LogP contribution in [0.4, 0.5) is 18.0 Å². The fourth-order valence-electron chi connectivity index (χ4n) is 7.20. The van der Waals surface area contributed by atoms with Gasteiger partial charge in [0.25, 0.3) is 0 Å². The molecule has 290 valence electrons. The van der Waals surface area contributed by atoms with Crippen molar-refractivity contribution in [1.82, 2.24) is 28.8 Å². The predicted molar refractivity (Wildman–Crippen MR) is 189 cm³/mol. The van der Waals surface area contributed by atoms with Gasteiger partial charge in [0.15, 0.2) is 5.65 Å². The van der Waals surface area contributed by atoms with Gasteiger partial charge in [-0.3, -0.25) is 9.20 Å². The normalized spacial score (nSPS) is 18.1. The topological polar surface area (TPSA) is 157 Å². The van der Waals surface area contributed by atoms with Gasteiger partial charge in [0, 0.05) is 50.8 Å². The van der Waals surface area contributed by atoms with Crippen molar-refractivity contribution in [2.45, 2.75) is 96.0 Å². The van der Waals surface area contributed by atoms with Crippen LogP contribution in [0.2, 0.25) is 0 Å². The Morgan fingerprint density at radius 1 is 1.04 bits per heavy atom. The molecule has 4 aromatic rings. The molecule has 2 aliphatic rings. The smallest absolute Gasteiger partial charge is 0.452 e. The number of pyridine rings is 2. The molecular formula is C37H43F3N6O7S. The first kappa shape index (κ1) is 38.9. The Bertz CT molecular complexity index is 2220. The molecule has 54 heavy (non-hydrogen) atoms. The Hall–Kier alpha value is -4.77. The minimum Gasteiger partial charge on any atom is -0.481 e. The van der Waals surface area contributed by atoms with Crippen LogP contribution in [-0.2, 0) is 32.3 Å². The minimum atomic E-state index is -4.76. The second kappa shape index (κ2) is 13.5. The zero-order valence-electron chi connectivity index (χ0n) is 31.1. The van der Waals surface area contributed by atoms with Gasteiger partial charge in [-0.15, -0.1) is 10.2 Å². The number of ether oxygens (including phenoxy) is 2. The molecule has 1 spiro atoms. The zero-order chi connectivity index (χ0) is 39.6. The molecule has 1 amide bonds. The molecule has 3 aromatic heterocycles. The summed E-state index contributed by atoms with van der Waals surface area (Å²) in [7, 11) is -4.19. The van der Waals surface area contributed by atoms with Crippen molar-refractivity contribution in [2.75, 3.05) is 19.6 Å². The first-order valence-corrected chi connectivity index (χ1v) is 18.8. The van der Waals surface area contributed by atoms with Crippen molar-refractivity contribution in [3.8, 4) is 5.88 Å². The summed E-state index contributed by atoms with van der Waals surface area (Å²) < 4.78 is 84.0. The molecule has 2 aliphatic heterocycles. The van der Waals surface area contributed by atoms with E-state index in [1.165, 1.54) is 48.7 Å². The highest BCUT2D eigenvalue weighted by molar-refractivity contribution is 7.89. The van der Waals surface area contributed by atoms with E-state index < -0.39 is 56.6 Å². The molecule has 1 atom stereocenters. The number of rotatable bonds is 6. The van der Waals surface area contributed by atoms with E-state index in [0.717, 1.165) is 9.96 Å². The number of likely N-dealkylation sites (tertiary alicyclic amines) is 1. The van der Waals surface area contributed by atoms with Gasteiger partial charge in [-0.25, -0.2) is 18.2 Å². The van der Waals surface area contributed by atoms with Crippen molar-refractivity contribution in [2.24, 2.45) is 5.41 Å². The van der Waals surface area contributed by atoms with Crippen LogP contribution in [-0.4, -0.2) is 85.2 Å². The van der Waals surface area contributed by atoms with Gasteiger partial charge in [-0.1, -0.05) is 18.2 Å². The molecule has 1 saturated heterocycles. The summed E-state index contributed by atoms with van der Waals surface area (Å²) in [6, 6.07) is 9.66. The summed E-state index contributed by atoms with van der Waals surface area (Å²) in [5.41, 5.74) is -0.715. The van der Waals surface area contributed by atoms with Crippen molar-refractivity contribution < 1.29 is 45.8 Å². The fourth-order valence-corrected chi connectivity index (χ4v) is 8.76. The van der Waals surface area contributed by atoms with E-state index >= 15 is 0 Å². The third-order valence-electron chi connectivity index (χ3n) is 10.2. The van der Waals surface area contributed by atoms with E-state index in [2.05, 4.69) is 15.2 Å². The number of aliphatic carboxylic acids is 1. The van der Waals surface area contributed by atoms with E-state index in [9.17, 15) is 36.3 Å². The number of aromatic nitrogens is 4. The number of nitrogens with zero attached hydrogens (tertiary/aromatic N) is 6. The number of carbonyl (C=O) groups is 2. The van der Waals surface area contributed by atoms with Crippen LogP contribution < -0.4 is 4.74 Å². The summed E-state index contributed by atoms with van der Waals surface area (Å²) >= 11 is 0. The first-order valence-electron chi connectivity index (χ1n) is 17.4. The highest BCUT2D eigenvalue weighted by Crippen LogP contribution is 2.45. The lowest BCUT2D eigenvalue weighted by Gasteiger charge is -2.42. The molecule has 6 rings (SSSR count). The van der Waals surface area contributed by atoms with Gasteiger partial charge >= 0.3 is 18.2 Å². The monoisotopic (exact) mass is 772 g/mol. The Morgan fingerprint density at radius 2 is 1.72 bits per heavy atom. The van der Waals surface area contributed by atoms with Crippen LogP contribution in [0, 0.1) is 19.3 Å². The van der Waals surface area contributed by atoms with Crippen LogP contribution in [0.15, 0.2) is 53.7 Å². The number of amides is 1. The van der Waals surface area contributed by atoms with Crippen LogP contribution in [0.25, 0.3) is 5.65 Å². The molecular weight excluding hydrogens is 730 g/mol. The van der Waals surface area contributed by atoms with Crippen molar-refractivity contribution in [3.05, 3.63) is 82.4 Å². The van der Waals surface area contributed by atoms with Crippen molar-refractivity contribution >= 4 is 27.7 Å². The van der Waals surface area contributed by atoms with E-state index in [1.54, 1.807) is 50.8 Å². The molecule has 17 heteroatoms. The third-order valence-corrected chi connectivity index (χ3v) is 12.0. The third kappa shape index (κ3) is 7.22. The summed E-state index contributed by atoms with van der Waals surface area (Å²) in [6.45, 7) is 12.1. The number of aryl methyl sites for hydroxylation is 2. The average Bonchev–Trinajstić information content (AvgIpc) is 3.49. The molecule has 1 fully saturated rings. The highest BCUT2D eigenvalue weighted by atomic mass is 32.2. The van der Waals surface area contributed by atoms with Gasteiger partial charge in [-0.05, 0) is 94.5 Å². The molecule has 1 N–H and O–H groups in total. The number of carboxylic acids is 1. The number of alkyl halides is 3. The summed E-state index contributed by atoms with van der Waals surface area (Å²) in [6.07, 6.45) is -2.01. The Labute approximate surface area is 311 Å². The minimum absolute atomic E-state index is 0.0347. The SMILES string of the molecule is Cc1ccc(C(c2ccn3c(C(F)(F)F)nnc3c2C)C(C)(C)C(=O)O)cc1CN1CC2(CCN(C(=O)OC(C)(C)C)CC2)Oc2ncccc2S1(=O)=O. The number of sulfonamides is 1. The number of hydrogen-bond donors (Lipinski definition) is 1. The molecule has 1 unspecified atom stereocenters.